The Labute approximate surface area is 155 Å². The van der Waals surface area contributed by atoms with Gasteiger partial charge in [0.05, 0.1) is 7.11 Å². The van der Waals surface area contributed by atoms with Gasteiger partial charge in [0.15, 0.2) is 11.6 Å². The molecule has 2 aromatic carbocycles. The molecule has 142 valence electrons. The van der Waals surface area contributed by atoms with Crippen LogP contribution in [0.1, 0.15) is 18.4 Å². The number of hydrogen-bond donors (Lipinski definition) is 2. The Hall–Kier alpha value is -2.96. The van der Waals surface area contributed by atoms with Gasteiger partial charge in [-0.15, -0.1) is 0 Å². The van der Waals surface area contributed by atoms with Gasteiger partial charge in [-0.25, -0.2) is 8.78 Å². The topological polar surface area (TPSA) is 67.4 Å². The Bertz CT molecular complexity index is 866. The number of amides is 2. The van der Waals surface area contributed by atoms with Crippen molar-refractivity contribution in [3.05, 3.63) is 59.7 Å². The minimum atomic E-state index is -1.14. The molecule has 2 aromatic rings. The van der Waals surface area contributed by atoms with Gasteiger partial charge in [-0.1, -0.05) is 12.1 Å². The summed E-state index contributed by atoms with van der Waals surface area (Å²) in [5.41, 5.74) is -0.0146. The lowest BCUT2D eigenvalue weighted by molar-refractivity contribution is -0.134. The van der Waals surface area contributed by atoms with Crippen molar-refractivity contribution in [2.75, 3.05) is 19.0 Å². The van der Waals surface area contributed by atoms with Crippen molar-refractivity contribution in [2.24, 2.45) is 5.41 Å². The predicted molar refractivity (Wildman–Crippen MR) is 96.4 cm³/mol. The van der Waals surface area contributed by atoms with E-state index >= 15 is 0 Å². The zero-order chi connectivity index (χ0) is 19.4. The second kappa shape index (κ2) is 7.73. The van der Waals surface area contributed by atoms with E-state index in [1.54, 1.807) is 7.11 Å². The smallest absolute Gasteiger partial charge is 0.240 e. The summed E-state index contributed by atoms with van der Waals surface area (Å²) in [6, 6.07) is 10.6. The SMILES string of the molecule is COc1cccc(CCNC(=O)C2(C(=O)Nc3ccc(F)c(F)c3)CC2)c1. The quantitative estimate of drug-likeness (QED) is 0.732. The molecule has 0 heterocycles. The molecule has 3 rings (SSSR count). The number of rotatable bonds is 7. The highest BCUT2D eigenvalue weighted by Crippen LogP contribution is 2.46. The van der Waals surface area contributed by atoms with Crippen LogP contribution in [0.2, 0.25) is 0 Å². The largest absolute Gasteiger partial charge is 0.497 e. The van der Waals surface area contributed by atoms with E-state index < -0.39 is 23.0 Å². The molecular formula is C20H20F2N2O3. The van der Waals surface area contributed by atoms with Crippen LogP contribution < -0.4 is 15.4 Å². The standard InChI is InChI=1S/C20H20F2N2O3/c1-27-15-4-2-3-13(11-15)7-10-23-18(25)20(8-9-20)19(26)24-14-5-6-16(21)17(22)12-14/h2-6,11-12H,7-10H2,1H3,(H,23,25)(H,24,26). The van der Waals surface area contributed by atoms with Gasteiger partial charge < -0.3 is 15.4 Å². The minimum Gasteiger partial charge on any atom is -0.497 e. The Morgan fingerprint density at radius 3 is 2.52 bits per heavy atom. The van der Waals surface area contributed by atoms with Gasteiger partial charge in [0, 0.05) is 18.3 Å². The highest BCUT2D eigenvalue weighted by atomic mass is 19.2. The maximum absolute atomic E-state index is 13.3. The van der Waals surface area contributed by atoms with Crippen molar-refractivity contribution >= 4 is 17.5 Å². The van der Waals surface area contributed by atoms with Crippen LogP contribution in [0.4, 0.5) is 14.5 Å². The summed E-state index contributed by atoms with van der Waals surface area (Å²) in [5, 5.41) is 5.28. The number of nitrogens with one attached hydrogen (secondary N) is 2. The molecule has 0 saturated heterocycles. The van der Waals surface area contributed by atoms with Crippen molar-refractivity contribution in [2.45, 2.75) is 19.3 Å². The number of carbonyl (C=O) groups excluding carboxylic acids is 2. The third kappa shape index (κ3) is 4.24. The maximum atomic E-state index is 13.3. The monoisotopic (exact) mass is 374 g/mol. The van der Waals surface area contributed by atoms with E-state index in [0.717, 1.165) is 23.4 Å². The molecule has 0 bridgehead atoms. The fraction of sp³-hybridized carbons (Fsp3) is 0.300. The van der Waals surface area contributed by atoms with Crippen LogP contribution in [0, 0.1) is 17.0 Å². The van der Waals surface area contributed by atoms with Crippen LogP contribution in [0.5, 0.6) is 5.75 Å². The van der Waals surface area contributed by atoms with E-state index in [2.05, 4.69) is 10.6 Å². The first-order chi connectivity index (χ1) is 12.9. The van der Waals surface area contributed by atoms with Gasteiger partial charge in [0.2, 0.25) is 11.8 Å². The number of benzene rings is 2. The molecule has 27 heavy (non-hydrogen) atoms. The Kier molecular flexibility index (Phi) is 5.39. The lowest BCUT2D eigenvalue weighted by atomic mass is 10.0. The fourth-order valence-electron chi connectivity index (χ4n) is 2.82. The van der Waals surface area contributed by atoms with Crippen molar-refractivity contribution in [1.29, 1.82) is 0 Å². The molecule has 0 aromatic heterocycles. The van der Waals surface area contributed by atoms with E-state index in [1.165, 1.54) is 6.07 Å². The molecule has 1 aliphatic rings. The average molecular weight is 374 g/mol. The second-order valence-corrected chi connectivity index (χ2v) is 6.52. The molecule has 5 nitrogen and oxygen atoms in total. The van der Waals surface area contributed by atoms with E-state index in [9.17, 15) is 18.4 Å². The lowest BCUT2D eigenvalue weighted by Gasteiger charge is -2.15. The molecule has 1 aliphatic carbocycles. The molecule has 0 aliphatic heterocycles. The number of anilines is 1. The highest BCUT2D eigenvalue weighted by molar-refractivity contribution is 6.13. The summed E-state index contributed by atoms with van der Waals surface area (Å²) in [7, 11) is 1.59. The third-order valence-electron chi connectivity index (χ3n) is 4.63. The summed E-state index contributed by atoms with van der Waals surface area (Å²) in [6.45, 7) is 0.381. The van der Waals surface area contributed by atoms with E-state index in [4.69, 9.17) is 4.74 Å². The van der Waals surface area contributed by atoms with Crippen LogP contribution in [0.25, 0.3) is 0 Å². The summed E-state index contributed by atoms with van der Waals surface area (Å²) in [6.07, 6.45) is 1.45. The van der Waals surface area contributed by atoms with Gasteiger partial charge in [-0.3, -0.25) is 9.59 Å². The van der Waals surface area contributed by atoms with Crippen molar-refractivity contribution < 1.29 is 23.1 Å². The highest BCUT2D eigenvalue weighted by Gasteiger charge is 2.56. The second-order valence-electron chi connectivity index (χ2n) is 6.52. The average Bonchev–Trinajstić information content (AvgIpc) is 3.47. The molecule has 2 N–H and O–H groups in total. The van der Waals surface area contributed by atoms with Crippen LogP contribution >= 0.6 is 0 Å². The summed E-state index contributed by atoms with van der Waals surface area (Å²) >= 11 is 0. The van der Waals surface area contributed by atoms with Gasteiger partial charge >= 0.3 is 0 Å². The van der Waals surface area contributed by atoms with Crippen molar-refractivity contribution in [3.8, 4) is 5.75 Å². The molecule has 2 amide bonds. The van der Waals surface area contributed by atoms with Crippen LogP contribution in [0.15, 0.2) is 42.5 Å². The molecule has 0 spiro atoms. The normalized spacial score (nSPS) is 14.3. The zero-order valence-electron chi connectivity index (χ0n) is 14.9. The Balaban J connectivity index is 1.55. The van der Waals surface area contributed by atoms with Gasteiger partial charge in [0.25, 0.3) is 0 Å². The number of methoxy groups -OCH3 is 1. The molecular weight excluding hydrogens is 354 g/mol. The minimum absolute atomic E-state index is 0.120. The number of halogens is 2. The first-order valence-corrected chi connectivity index (χ1v) is 8.62. The van der Waals surface area contributed by atoms with E-state index in [-0.39, 0.29) is 11.6 Å². The molecule has 0 radical (unpaired) electrons. The first-order valence-electron chi connectivity index (χ1n) is 8.62. The molecule has 0 atom stereocenters. The van der Waals surface area contributed by atoms with Gasteiger partial charge in [-0.2, -0.15) is 0 Å². The fourth-order valence-corrected chi connectivity index (χ4v) is 2.82. The molecule has 1 fully saturated rings. The maximum Gasteiger partial charge on any atom is 0.240 e. The van der Waals surface area contributed by atoms with Crippen molar-refractivity contribution in [1.82, 2.24) is 5.32 Å². The number of carbonyl (C=O) groups is 2. The predicted octanol–water partition coefficient (Wildman–Crippen LogP) is 3.05. The summed E-state index contributed by atoms with van der Waals surface area (Å²) in [5.74, 6) is -2.17. The zero-order valence-corrected chi connectivity index (χ0v) is 14.9. The van der Waals surface area contributed by atoms with Gasteiger partial charge in [0.1, 0.15) is 11.2 Å². The first kappa shape index (κ1) is 18.8. The van der Waals surface area contributed by atoms with E-state index in [1.807, 2.05) is 24.3 Å². The number of ether oxygens (including phenoxy) is 1. The molecule has 0 unspecified atom stereocenters. The summed E-state index contributed by atoms with van der Waals surface area (Å²) < 4.78 is 31.4. The Morgan fingerprint density at radius 1 is 1.07 bits per heavy atom. The van der Waals surface area contributed by atoms with E-state index in [0.29, 0.717) is 25.8 Å². The molecule has 1 saturated carbocycles. The van der Waals surface area contributed by atoms with Crippen molar-refractivity contribution in [3.63, 3.8) is 0 Å². The Morgan fingerprint density at radius 2 is 1.85 bits per heavy atom. The molecule has 7 heteroatoms. The van der Waals surface area contributed by atoms with Crippen LogP contribution in [-0.2, 0) is 16.0 Å². The van der Waals surface area contributed by atoms with Crippen LogP contribution in [-0.4, -0.2) is 25.5 Å². The third-order valence-corrected chi connectivity index (χ3v) is 4.63. The lowest BCUT2D eigenvalue weighted by Crippen LogP contribution is -2.40. The van der Waals surface area contributed by atoms with Crippen LogP contribution in [0.3, 0.4) is 0 Å². The number of hydrogen-bond acceptors (Lipinski definition) is 3. The van der Waals surface area contributed by atoms with Gasteiger partial charge in [-0.05, 0) is 49.1 Å². The summed E-state index contributed by atoms with van der Waals surface area (Å²) in [4.78, 5) is 24.9.